The van der Waals surface area contributed by atoms with Crippen molar-refractivity contribution in [1.82, 2.24) is 4.98 Å². The fraction of sp³-hybridized carbons (Fsp3) is 0.500. The molecule has 0 aliphatic rings. The molecule has 190 valence electrons. The van der Waals surface area contributed by atoms with Gasteiger partial charge in [-0.15, -0.1) is 5.54 Å². The molecule has 1 aromatic heterocycles. The predicted molar refractivity (Wildman–Crippen MR) is 145 cm³/mol. The summed E-state index contributed by atoms with van der Waals surface area (Å²) < 4.78 is 16.3. The van der Waals surface area contributed by atoms with Crippen LogP contribution in [0.5, 0.6) is 11.5 Å². The van der Waals surface area contributed by atoms with Gasteiger partial charge in [-0.2, -0.15) is 0 Å². The third kappa shape index (κ3) is 6.58. The Bertz CT molecular complexity index is 1080. The zero-order valence-electron chi connectivity index (χ0n) is 22.8. The molecule has 1 heterocycles. The number of carbonyl (C=O) groups excluding carboxylic acids is 1. The zero-order chi connectivity index (χ0) is 26.3. The molecule has 0 aliphatic heterocycles. The van der Waals surface area contributed by atoms with Gasteiger partial charge in [-0.1, -0.05) is 47.5 Å². The minimum Gasteiger partial charge on any atom is -0.497 e. The number of nitrogens with one attached hydrogen (secondary N) is 1. The highest BCUT2D eigenvalue weighted by molar-refractivity contribution is 6.90. The first-order valence-corrected chi connectivity index (χ1v) is 14.3. The van der Waals surface area contributed by atoms with Crippen LogP contribution in [-0.4, -0.2) is 33.4 Å². The largest absolute Gasteiger partial charge is 0.497 e. The molecule has 0 saturated heterocycles. The van der Waals surface area contributed by atoms with Crippen LogP contribution in [0.2, 0.25) is 16.6 Å². The molecule has 6 nitrogen and oxygen atoms in total. The third-order valence-electron chi connectivity index (χ3n) is 6.77. The highest BCUT2D eigenvalue weighted by Crippen LogP contribution is 2.40. The molecule has 0 saturated carbocycles. The van der Waals surface area contributed by atoms with Crippen LogP contribution in [-0.2, 0) is 11.3 Å². The summed E-state index contributed by atoms with van der Waals surface area (Å²) in [7, 11) is 1.33. The highest BCUT2D eigenvalue weighted by Gasteiger charge is 2.41. The van der Waals surface area contributed by atoms with E-state index in [1.165, 1.54) is 0 Å². The molecule has 0 radical (unpaired) electrons. The molecule has 1 amide bonds. The second-order valence-electron chi connectivity index (χ2n) is 9.84. The standard InChI is InChI=1S/C28H40N2O4Si/c1-18(2)35(19(3)4,20(5)6)12-11-23-13-24(15-25(14-23)32-9)30-28(31)34-17-26-22(8)27(33-10)21(7)16-29-26/h13-16,18-20H,17H2,1-10H3,(H,30,31). The molecule has 35 heavy (non-hydrogen) atoms. The van der Waals surface area contributed by atoms with E-state index in [2.05, 4.69) is 63.3 Å². The van der Waals surface area contributed by atoms with Crippen molar-refractivity contribution in [1.29, 1.82) is 0 Å². The van der Waals surface area contributed by atoms with Crippen LogP contribution in [0.4, 0.5) is 10.5 Å². The van der Waals surface area contributed by atoms with Gasteiger partial charge in [-0.3, -0.25) is 10.3 Å². The van der Waals surface area contributed by atoms with E-state index in [-0.39, 0.29) is 6.61 Å². The number of amides is 1. The van der Waals surface area contributed by atoms with Crippen LogP contribution in [0.15, 0.2) is 24.4 Å². The van der Waals surface area contributed by atoms with Gasteiger partial charge in [0.25, 0.3) is 0 Å². The van der Waals surface area contributed by atoms with E-state index in [1.54, 1.807) is 26.5 Å². The summed E-state index contributed by atoms with van der Waals surface area (Å²) in [6.45, 7) is 17.6. The Morgan fingerprint density at radius 1 is 1.00 bits per heavy atom. The van der Waals surface area contributed by atoms with Gasteiger partial charge in [0.2, 0.25) is 0 Å². The number of benzene rings is 1. The van der Waals surface area contributed by atoms with Gasteiger partial charge in [-0.25, -0.2) is 4.79 Å². The van der Waals surface area contributed by atoms with Crippen molar-refractivity contribution in [3.05, 3.63) is 46.8 Å². The van der Waals surface area contributed by atoms with Crippen molar-refractivity contribution in [3.8, 4) is 23.0 Å². The molecule has 0 aliphatic carbocycles. The Labute approximate surface area is 211 Å². The van der Waals surface area contributed by atoms with Crippen LogP contribution >= 0.6 is 0 Å². The average Bonchev–Trinajstić information content (AvgIpc) is 2.78. The highest BCUT2D eigenvalue weighted by atomic mass is 28.3. The summed E-state index contributed by atoms with van der Waals surface area (Å²) in [4.78, 5) is 16.9. The lowest BCUT2D eigenvalue weighted by atomic mass is 10.1. The molecular weight excluding hydrogens is 456 g/mol. The first-order valence-electron chi connectivity index (χ1n) is 12.1. The molecule has 0 fully saturated rings. The summed E-state index contributed by atoms with van der Waals surface area (Å²) in [6, 6.07) is 5.51. The Hall–Kier alpha value is -2.98. The van der Waals surface area contributed by atoms with Crippen molar-refractivity contribution in [2.24, 2.45) is 0 Å². The second kappa shape index (κ2) is 12.1. The lowest BCUT2D eigenvalue weighted by molar-refractivity contribution is 0.153. The van der Waals surface area contributed by atoms with E-state index in [9.17, 15) is 4.79 Å². The van der Waals surface area contributed by atoms with Gasteiger partial charge < -0.3 is 14.2 Å². The number of anilines is 1. The Morgan fingerprint density at radius 3 is 2.17 bits per heavy atom. The Kier molecular flexibility index (Phi) is 9.79. The topological polar surface area (TPSA) is 69.7 Å². The van der Waals surface area contributed by atoms with E-state index in [0.717, 1.165) is 22.4 Å². The van der Waals surface area contributed by atoms with E-state index in [0.29, 0.717) is 33.8 Å². The molecule has 7 heteroatoms. The molecule has 0 spiro atoms. The molecule has 1 N–H and O–H groups in total. The van der Waals surface area contributed by atoms with Crippen LogP contribution in [0.25, 0.3) is 0 Å². The van der Waals surface area contributed by atoms with Crippen LogP contribution in [0, 0.1) is 25.3 Å². The van der Waals surface area contributed by atoms with Crippen LogP contribution < -0.4 is 14.8 Å². The zero-order valence-corrected chi connectivity index (χ0v) is 23.8. The number of aryl methyl sites for hydroxylation is 1. The summed E-state index contributed by atoms with van der Waals surface area (Å²) >= 11 is 0. The molecule has 0 unspecified atom stereocenters. The number of ether oxygens (including phenoxy) is 3. The van der Waals surface area contributed by atoms with Gasteiger partial charge in [0, 0.05) is 34.6 Å². The van der Waals surface area contributed by atoms with Gasteiger partial charge in [-0.05, 0) is 42.6 Å². The van der Waals surface area contributed by atoms with Crippen molar-refractivity contribution < 1.29 is 19.0 Å². The first kappa shape index (κ1) is 28.3. The lowest BCUT2D eigenvalue weighted by Crippen LogP contribution is -2.43. The summed E-state index contributed by atoms with van der Waals surface area (Å²) in [5.41, 5.74) is 9.12. The van der Waals surface area contributed by atoms with Crippen molar-refractivity contribution in [2.75, 3.05) is 19.5 Å². The van der Waals surface area contributed by atoms with E-state index < -0.39 is 14.2 Å². The summed E-state index contributed by atoms with van der Waals surface area (Å²) in [5.74, 6) is 4.79. The van der Waals surface area contributed by atoms with Crippen molar-refractivity contribution >= 4 is 19.9 Å². The molecule has 1 aromatic carbocycles. The number of pyridine rings is 1. The van der Waals surface area contributed by atoms with Crippen molar-refractivity contribution in [2.45, 2.75) is 78.6 Å². The van der Waals surface area contributed by atoms with E-state index >= 15 is 0 Å². The van der Waals surface area contributed by atoms with Gasteiger partial charge >= 0.3 is 6.09 Å². The number of rotatable bonds is 8. The van der Waals surface area contributed by atoms with Gasteiger partial charge in [0.05, 0.1) is 19.9 Å². The maximum atomic E-state index is 12.6. The number of aromatic nitrogens is 1. The van der Waals surface area contributed by atoms with E-state index in [4.69, 9.17) is 14.2 Å². The first-order chi connectivity index (χ1) is 16.5. The van der Waals surface area contributed by atoms with Crippen LogP contribution in [0.3, 0.4) is 0 Å². The van der Waals surface area contributed by atoms with Gasteiger partial charge in [0.15, 0.2) is 0 Å². The summed E-state index contributed by atoms with van der Waals surface area (Å²) in [6.07, 6.45) is 1.14. The number of nitrogens with zero attached hydrogens (tertiary/aromatic N) is 1. The van der Waals surface area contributed by atoms with E-state index in [1.807, 2.05) is 26.0 Å². The van der Waals surface area contributed by atoms with Gasteiger partial charge in [0.1, 0.15) is 26.2 Å². The second-order valence-corrected chi connectivity index (χ2v) is 15.4. The lowest BCUT2D eigenvalue weighted by Gasteiger charge is -2.38. The minimum absolute atomic E-state index is 0.0379. The normalized spacial score (nSPS) is 11.3. The molecule has 2 rings (SSSR count). The number of hydrogen-bond acceptors (Lipinski definition) is 5. The fourth-order valence-corrected chi connectivity index (χ4v) is 10.2. The number of carbonyl (C=O) groups is 1. The molecule has 0 atom stereocenters. The number of hydrogen-bond donors (Lipinski definition) is 1. The van der Waals surface area contributed by atoms with Crippen LogP contribution in [0.1, 0.15) is 63.9 Å². The molecule has 2 aromatic rings. The van der Waals surface area contributed by atoms with Crippen molar-refractivity contribution in [3.63, 3.8) is 0 Å². The molecule has 0 bridgehead atoms. The molecular formula is C28H40N2O4Si. The maximum absolute atomic E-state index is 12.6. The quantitative estimate of drug-likeness (QED) is 0.314. The summed E-state index contributed by atoms with van der Waals surface area (Å²) in [5, 5.41) is 2.80. The Balaban J connectivity index is 2.25. The monoisotopic (exact) mass is 496 g/mol. The smallest absolute Gasteiger partial charge is 0.412 e. The maximum Gasteiger partial charge on any atom is 0.412 e. The number of methoxy groups -OCH3 is 2. The SMILES string of the molecule is COc1cc(C#C[Si](C(C)C)(C(C)C)C(C)C)cc(NC(=O)OCc2ncc(C)c(OC)c2C)c1. The Morgan fingerprint density at radius 2 is 1.63 bits per heavy atom. The average molecular weight is 497 g/mol. The fourth-order valence-electron chi connectivity index (χ4n) is 4.98. The third-order valence-corrected chi connectivity index (χ3v) is 13.1. The predicted octanol–water partition coefficient (Wildman–Crippen LogP) is 7.03. The minimum atomic E-state index is -1.89.